The molecular formula is C30H26F3N3O2. The fraction of sp³-hybridized carbons (Fsp3) is 0.167. The molecule has 0 fully saturated rings. The summed E-state index contributed by atoms with van der Waals surface area (Å²) in [6.45, 7) is 3.19. The molecule has 0 aliphatic rings. The zero-order valence-corrected chi connectivity index (χ0v) is 20.8. The van der Waals surface area contributed by atoms with Gasteiger partial charge < -0.3 is 10.6 Å². The van der Waals surface area contributed by atoms with Crippen molar-refractivity contribution in [2.45, 2.75) is 32.0 Å². The molecule has 0 aliphatic heterocycles. The van der Waals surface area contributed by atoms with E-state index in [-0.39, 0.29) is 17.8 Å². The van der Waals surface area contributed by atoms with Gasteiger partial charge in [-0.05, 0) is 61.4 Å². The first-order valence-electron chi connectivity index (χ1n) is 11.9. The number of nitrogens with zero attached hydrogens (tertiary/aromatic N) is 1. The Morgan fingerprint density at radius 2 is 1.50 bits per heavy atom. The minimum Gasteiger partial charge on any atom is -0.322 e. The van der Waals surface area contributed by atoms with E-state index < -0.39 is 23.3 Å². The molecule has 2 N–H and O–H groups in total. The van der Waals surface area contributed by atoms with Gasteiger partial charge in [-0.15, -0.1) is 0 Å². The van der Waals surface area contributed by atoms with E-state index >= 15 is 0 Å². The molecule has 3 aromatic carbocycles. The second-order valence-corrected chi connectivity index (χ2v) is 9.03. The number of alkyl halides is 3. The Morgan fingerprint density at radius 3 is 2.18 bits per heavy atom. The number of pyridine rings is 1. The van der Waals surface area contributed by atoms with Crippen LogP contribution in [0.3, 0.4) is 0 Å². The Labute approximate surface area is 218 Å². The van der Waals surface area contributed by atoms with Crippen molar-refractivity contribution in [2.75, 3.05) is 5.32 Å². The van der Waals surface area contributed by atoms with E-state index in [9.17, 15) is 22.8 Å². The van der Waals surface area contributed by atoms with E-state index in [0.29, 0.717) is 22.6 Å². The number of ketones is 1. The van der Waals surface area contributed by atoms with Gasteiger partial charge in [-0.25, -0.2) is 4.79 Å². The lowest BCUT2D eigenvalue weighted by Crippen LogP contribution is -2.50. The standard InChI is InChI=1S/C30H26F3N3O2/c1-20-9-6-16-27(34-20)29(19-22-10-4-3-5-11-22,24-13-8-14-25(18-24)30(31,32)33)36-28(38)35-26-15-7-12-23(17-26)21(2)37/h3-18H,19H2,1-2H3,(H2,35,36,38). The summed E-state index contributed by atoms with van der Waals surface area (Å²) in [5, 5.41) is 5.67. The van der Waals surface area contributed by atoms with Crippen LogP contribution in [0.25, 0.3) is 0 Å². The average Bonchev–Trinajstić information content (AvgIpc) is 2.88. The van der Waals surface area contributed by atoms with E-state index in [0.717, 1.165) is 17.7 Å². The van der Waals surface area contributed by atoms with Crippen molar-refractivity contribution >= 4 is 17.5 Å². The normalized spacial score (nSPS) is 12.9. The maximum Gasteiger partial charge on any atom is 0.416 e. The van der Waals surface area contributed by atoms with Crippen LogP contribution in [0.2, 0.25) is 0 Å². The van der Waals surface area contributed by atoms with Gasteiger partial charge in [0.05, 0.1) is 11.3 Å². The van der Waals surface area contributed by atoms with E-state index in [1.165, 1.54) is 19.1 Å². The highest BCUT2D eigenvalue weighted by molar-refractivity contribution is 5.97. The lowest BCUT2D eigenvalue weighted by Gasteiger charge is -2.36. The molecule has 8 heteroatoms. The molecule has 0 saturated carbocycles. The van der Waals surface area contributed by atoms with E-state index in [4.69, 9.17) is 0 Å². The third kappa shape index (κ3) is 6.08. The number of hydrogen-bond acceptors (Lipinski definition) is 3. The number of halogens is 3. The first-order chi connectivity index (χ1) is 18.1. The summed E-state index contributed by atoms with van der Waals surface area (Å²) in [5.41, 5.74) is 0.514. The highest BCUT2D eigenvalue weighted by Gasteiger charge is 2.40. The van der Waals surface area contributed by atoms with Crippen LogP contribution in [-0.2, 0) is 18.1 Å². The van der Waals surface area contributed by atoms with Gasteiger partial charge in [-0.2, -0.15) is 13.2 Å². The molecule has 194 valence electrons. The molecule has 38 heavy (non-hydrogen) atoms. The number of Topliss-reactive ketones (excluding diaryl/α,β-unsaturated/α-hetero) is 1. The zero-order valence-electron chi connectivity index (χ0n) is 20.8. The molecule has 0 aliphatic carbocycles. The smallest absolute Gasteiger partial charge is 0.322 e. The molecule has 0 bridgehead atoms. The Morgan fingerprint density at radius 1 is 0.816 bits per heavy atom. The fourth-order valence-corrected chi connectivity index (χ4v) is 4.34. The number of aromatic nitrogens is 1. The molecule has 4 rings (SSSR count). The second kappa shape index (κ2) is 10.9. The SMILES string of the molecule is CC(=O)c1cccc(NC(=O)NC(Cc2ccccc2)(c2cccc(C(F)(F)F)c2)c2cccc(C)n2)c1. The molecule has 2 amide bonds. The van der Waals surface area contributed by atoms with Crippen LogP contribution >= 0.6 is 0 Å². The maximum atomic E-state index is 13.8. The summed E-state index contributed by atoms with van der Waals surface area (Å²) >= 11 is 0. The number of urea groups is 1. The van der Waals surface area contributed by atoms with E-state index in [2.05, 4.69) is 15.6 Å². The van der Waals surface area contributed by atoms with Gasteiger partial charge in [-0.3, -0.25) is 9.78 Å². The summed E-state index contributed by atoms with van der Waals surface area (Å²) in [7, 11) is 0. The molecule has 0 saturated heterocycles. The number of aryl methyl sites for hydroxylation is 1. The van der Waals surface area contributed by atoms with Crippen LogP contribution < -0.4 is 10.6 Å². The summed E-state index contributed by atoms with van der Waals surface area (Å²) < 4.78 is 41.3. The van der Waals surface area contributed by atoms with Crippen molar-refractivity contribution in [3.63, 3.8) is 0 Å². The van der Waals surface area contributed by atoms with Crippen LogP contribution in [0.4, 0.5) is 23.7 Å². The van der Waals surface area contributed by atoms with Crippen molar-refractivity contribution < 1.29 is 22.8 Å². The average molecular weight is 518 g/mol. The van der Waals surface area contributed by atoms with E-state index in [1.54, 1.807) is 49.4 Å². The number of benzene rings is 3. The quantitative estimate of drug-likeness (QED) is 0.262. The van der Waals surface area contributed by atoms with Gasteiger partial charge in [0.15, 0.2) is 5.78 Å². The summed E-state index contributed by atoms with van der Waals surface area (Å²) in [6.07, 6.45) is -4.45. The number of carbonyl (C=O) groups is 2. The van der Waals surface area contributed by atoms with Crippen molar-refractivity contribution in [3.05, 3.63) is 131 Å². The highest BCUT2D eigenvalue weighted by Crippen LogP contribution is 2.37. The predicted octanol–water partition coefficient (Wildman–Crippen LogP) is 6.92. The van der Waals surface area contributed by atoms with Gasteiger partial charge in [0.2, 0.25) is 0 Å². The topological polar surface area (TPSA) is 71.1 Å². The molecule has 0 spiro atoms. The fourth-order valence-electron chi connectivity index (χ4n) is 4.34. The third-order valence-electron chi connectivity index (χ3n) is 6.17. The summed E-state index contributed by atoms with van der Waals surface area (Å²) in [5.74, 6) is -0.166. The maximum absolute atomic E-state index is 13.8. The van der Waals surface area contributed by atoms with Crippen LogP contribution in [0.1, 0.15) is 45.4 Å². The number of carbonyl (C=O) groups excluding carboxylic acids is 2. The van der Waals surface area contributed by atoms with Crippen molar-refractivity contribution in [1.29, 1.82) is 0 Å². The number of nitrogens with one attached hydrogen (secondary N) is 2. The molecule has 1 aromatic heterocycles. The molecule has 1 heterocycles. The van der Waals surface area contributed by atoms with Crippen LogP contribution in [0.5, 0.6) is 0 Å². The third-order valence-corrected chi connectivity index (χ3v) is 6.17. The summed E-state index contributed by atoms with van der Waals surface area (Å²) in [6, 6.07) is 25.1. The van der Waals surface area contributed by atoms with Crippen LogP contribution in [0, 0.1) is 6.92 Å². The van der Waals surface area contributed by atoms with Crippen molar-refractivity contribution in [3.8, 4) is 0 Å². The van der Waals surface area contributed by atoms with Crippen molar-refractivity contribution in [1.82, 2.24) is 10.3 Å². The first kappa shape index (κ1) is 26.6. The first-order valence-corrected chi connectivity index (χ1v) is 11.9. The number of anilines is 1. The second-order valence-electron chi connectivity index (χ2n) is 9.03. The lowest BCUT2D eigenvalue weighted by atomic mass is 9.80. The minimum atomic E-state index is -4.58. The predicted molar refractivity (Wildman–Crippen MR) is 140 cm³/mol. The Balaban J connectivity index is 1.86. The Bertz CT molecular complexity index is 1450. The Hall–Kier alpha value is -4.46. The highest BCUT2D eigenvalue weighted by atomic mass is 19.4. The number of hydrogen-bond donors (Lipinski definition) is 2. The largest absolute Gasteiger partial charge is 0.416 e. The van der Waals surface area contributed by atoms with Gasteiger partial charge in [0.1, 0.15) is 5.54 Å². The zero-order chi connectivity index (χ0) is 27.3. The molecule has 0 radical (unpaired) electrons. The molecular weight excluding hydrogens is 491 g/mol. The van der Waals surface area contributed by atoms with Crippen molar-refractivity contribution in [2.24, 2.45) is 0 Å². The molecule has 5 nitrogen and oxygen atoms in total. The van der Waals surface area contributed by atoms with E-state index in [1.807, 2.05) is 30.3 Å². The molecule has 1 atom stereocenters. The van der Waals surface area contributed by atoms with Gasteiger partial charge in [-0.1, -0.05) is 60.7 Å². The molecule has 4 aromatic rings. The van der Waals surface area contributed by atoms with Gasteiger partial charge >= 0.3 is 12.2 Å². The minimum absolute atomic E-state index is 0.131. The number of rotatable bonds is 7. The van der Waals surface area contributed by atoms with Crippen LogP contribution in [-0.4, -0.2) is 16.8 Å². The molecule has 1 unspecified atom stereocenters. The van der Waals surface area contributed by atoms with Crippen LogP contribution in [0.15, 0.2) is 97.1 Å². The summed E-state index contributed by atoms with van der Waals surface area (Å²) in [4.78, 5) is 29.9. The number of amides is 2. The lowest BCUT2D eigenvalue weighted by molar-refractivity contribution is -0.137. The monoisotopic (exact) mass is 517 g/mol. The van der Waals surface area contributed by atoms with Gasteiger partial charge in [0, 0.05) is 23.4 Å². The van der Waals surface area contributed by atoms with Gasteiger partial charge in [0.25, 0.3) is 0 Å². The Kier molecular flexibility index (Phi) is 7.62.